The Hall–Kier alpha value is -4.12. The number of carbonyl (C=O) groups excluding carboxylic acids is 2. The number of nitrogens with one attached hydrogen (secondary N) is 2. The molecule has 1 saturated heterocycles. The summed E-state index contributed by atoms with van der Waals surface area (Å²) in [4.78, 5) is 29.9. The van der Waals surface area contributed by atoms with Gasteiger partial charge in [0.2, 0.25) is 5.91 Å². The predicted molar refractivity (Wildman–Crippen MR) is 159 cm³/mol. The summed E-state index contributed by atoms with van der Waals surface area (Å²) < 4.78 is 0. The molecule has 1 aliphatic carbocycles. The highest BCUT2D eigenvalue weighted by atomic mass is 16.2. The molecule has 40 heavy (non-hydrogen) atoms. The fraction of sp³-hybridized carbons (Fsp3) is 0.314. The van der Waals surface area contributed by atoms with Gasteiger partial charge in [-0.25, -0.2) is 0 Å². The van der Waals surface area contributed by atoms with Crippen LogP contribution in [0.4, 0.5) is 5.69 Å². The van der Waals surface area contributed by atoms with Crippen molar-refractivity contribution in [3.05, 3.63) is 114 Å². The van der Waals surface area contributed by atoms with Gasteiger partial charge in [0.1, 0.15) is 0 Å². The van der Waals surface area contributed by atoms with E-state index in [1.54, 1.807) is 0 Å². The molecular formula is C35H35N3O2. The molecule has 0 spiro atoms. The number of rotatable bonds is 4. The minimum absolute atomic E-state index is 0.0360. The lowest BCUT2D eigenvalue weighted by Crippen LogP contribution is -2.50. The molecule has 5 heteroatoms. The van der Waals surface area contributed by atoms with Crippen LogP contribution >= 0.6 is 0 Å². The quantitative estimate of drug-likeness (QED) is 0.303. The smallest absolute Gasteiger partial charge is 0.251 e. The van der Waals surface area contributed by atoms with Gasteiger partial charge in [0, 0.05) is 29.8 Å². The molecule has 2 aliphatic heterocycles. The van der Waals surface area contributed by atoms with E-state index in [1.165, 1.54) is 11.1 Å². The summed E-state index contributed by atoms with van der Waals surface area (Å²) in [6.07, 6.45) is 4.66. The van der Waals surface area contributed by atoms with Crippen LogP contribution in [0.5, 0.6) is 0 Å². The van der Waals surface area contributed by atoms with E-state index in [4.69, 9.17) is 0 Å². The summed E-state index contributed by atoms with van der Waals surface area (Å²) in [5.41, 5.74) is 4.23. The van der Waals surface area contributed by atoms with Gasteiger partial charge in [-0.05, 0) is 59.4 Å². The van der Waals surface area contributed by atoms with Crippen LogP contribution in [0, 0.1) is 11.8 Å². The van der Waals surface area contributed by atoms with E-state index in [2.05, 4.69) is 76.2 Å². The monoisotopic (exact) mass is 529 g/mol. The molecule has 3 aliphatic rings. The molecule has 4 aromatic rings. The minimum Gasteiger partial charge on any atom is -0.378 e. The molecule has 0 radical (unpaired) electrons. The number of anilines is 1. The second-order valence-electron chi connectivity index (χ2n) is 11.6. The Morgan fingerprint density at radius 3 is 2.40 bits per heavy atom. The topological polar surface area (TPSA) is 61.4 Å². The number of para-hydroxylation sites is 1. The maximum atomic E-state index is 14.4. The lowest BCUT2D eigenvalue weighted by molar-refractivity contribution is -0.138. The molecule has 2 amide bonds. The molecular weight excluding hydrogens is 494 g/mol. The van der Waals surface area contributed by atoms with Crippen LogP contribution in [0.1, 0.15) is 65.7 Å². The third kappa shape index (κ3) is 4.43. The Morgan fingerprint density at radius 1 is 0.775 bits per heavy atom. The fourth-order valence-corrected chi connectivity index (χ4v) is 7.36. The van der Waals surface area contributed by atoms with Gasteiger partial charge in [0.05, 0.1) is 18.0 Å². The van der Waals surface area contributed by atoms with Crippen LogP contribution in [0.25, 0.3) is 10.8 Å². The summed E-state index contributed by atoms with van der Waals surface area (Å²) in [7, 11) is 0. The molecule has 5 atom stereocenters. The molecule has 0 aromatic heterocycles. The summed E-state index contributed by atoms with van der Waals surface area (Å²) in [5, 5.41) is 9.24. The summed E-state index contributed by atoms with van der Waals surface area (Å²) in [6.45, 7) is 0.745. The Balaban J connectivity index is 1.15. The molecule has 202 valence electrons. The van der Waals surface area contributed by atoms with Gasteiger partial charge in [0.25, 0.3) is 5.91 Å². The number of fused-ring (bicyclic) bond motifs is 4. The average Bonchev–Trinajstić information content (AvgIpc) is 3.46. The van der Waals surface area contributed by atoms with Crippen molar-refractivity contribution in [2.24, 2.45) is 11.8 Å². The zero-order chi connectivity index (χ0) is 27.1. The Bertz CT molecular complexity index is 1550. The first-order valence-electron chi connectivity index (χ1n) is 14.7. The first-order chi connectivity index (χ1) is 19.7. The van der Waals surface area contributed by atoms with Crippen molar-refractivity contribution in [3.63, 3.8) is 0 Å². The molecule has 2 fully saturated rings. The van der Waals surface area contributed by atoms with Gasteiger partial charge in [-0.3, -0.25) is 9.59 Å². The summed E-state index contributed by atoms with van der Waals surface area (Å²) in [5.74, 6) is 0.204. The maximum absolute atomic E-state index is 14.4. The van der Waals surface area contributed by atoms with Crippen molar-refractivity contribution >= 4 is 28.3 Å². The van der Waals surface area contributed by atoms with Crippen molar-refractivity contribution < 1.29 is 9.59 Å². The van der Waals surface area contributed by atoms with Crippen LogP contribution in [-0.2, 0) is 4.79 Å². The summed E-state index contributed by atoms with van der Waals surface area (Å²) in [6, 6.07) is 33.0. The zero-order valence-corrected chi connectivity index (χ0v) is 22.6. The van der Waals surface area contributed by atoms with E-state index in [0.717, 1.165) is 55.1 Å². The molecule has 5 nitrogen and oxygen atoms in total. The Kier molecular flexibility index (Phi) is 6.51. The van der Waals surface area contributed by atoms with Gasteiger partial charge in [-0.15, -0.1) is 0 Å². The van der Waals surface area contributed by atoms with Crippen molar-refractivity contribution in [1.29, 1.82) is 0 Å². The van der Waals surface area contributed by atoms with E-state index in [9.17, 15) is 9.59 Å². The van der Waals surface area contributed by atoms with E-state index in [-0.39, 0.29) is 35.9 Å². The largest absolute Gasteiger partial charge is 0.378 e. The first kappa shape index (κ1) is 24.9. The number of nitrogens with zero attached hydrogens (tertiary/aromatic N) is 1. The van der Waals surface area contributed by atoms with Crippen LogP contribution in [0.3, 0.4) is 0 Å². The fourth-order valence-electron chi connectivity index (χ4n) is 7.36. The highest BCUT2D eigenvalue weighted by molar-refractivity contribution is 5.99. The highest BCUT2D eigenvalue weighted by Gasteiger charge is 2.48. The average molecular weight is 530 g/mol. The molecule has 0 unspecified atom stereocenters. The number of benzene rings is 4. The molecule has 0 bridgehead atoms. The van der Waals surface area contributed by atoms with Crippen molar-refractivity contribution in [1.82, 2.24) is 10.2 Å². The number of hydrogen-bond donors (Lipinski definition) is 2. The Labute approximate surface area is 235 Å². The number of amides is 2. The zero-order valence-electron chi connectivity index (χ0n) is 22.6. The maximum Gasteiger partial charge on any atom is 0.251 e. The van der Waals surface area contributed by atoms with Crippen molar-refractivity contribution in [2.45, 2.75) is 50.2 Å². The van der Waals surface area contributed by atoms with Gasteiger partial charge in [-0.2, -0.15) is 0 Å². The van der Waals surface area contributed by atoms with Crippen LogP contribution in [0.15, 0.2) is 97.1 Å². The highest BCUT2D eigenvalue weighted by Crippen LogP contribution is 2.51. The van der Waals surface area contributed by atoms with Gasteiger partial charge < -0.3 is 15.5 Å². The van der Waals surface area contributed by atoms with E-state index < -0.39 is 0 Å². The predicted octanol–water partition coefficient (Wildman–Crippen LogP) is 6.89. The minimum atomic E-state index is -0.200. The normalized spacial score (nSPS) is 25.5. The van der Waals surface area contributed by atoms with Gasteiger partial charge in [-0.1, -0.05) is 91.7 Å². The molecule has 7 rings (SSSR count). The SMILES string of the molecule is O=C(N[C@@H]1CCCC[C@@H]1C(=O)N1CC[C@@H]2[C@H](c3ccccc3)Nc3ccccc3[C@@H]21)c1ccc2ccccc2c1. The van der Waals surface area contributed by atoms with Crippen LogP contribution in [0.2, 0.25) is 0 Å². The molecule has 2 heterocycles. The van der Waals surface area contributed by atoms with E-state index in [0.29, 0.717) is 11.5 Å². The number of hydrogen-bond acceptors (Lipinski definition) is 3. The third-order valence-electron chi connectivity index (χ3n) is 9.32. The van der Waals surface area contributed by atoms with E-state index in [1.807, 2.05) is 36.4 Å². The van der Waals surface area contributed by atoms with Crippen molar-refractivity contribution in [3.8, 4) is 0 Å². The van der Waals surface area contributed by atoms with E-state index >= 15 is 0 Å². The Morgan fingerprint density at radius 2 is 1.52 bits per heavy atom. The number of likely N-dealkylation sites (tertiary alicyclic amines) is 1. The van der Waals surface area contributed by atoms with Crippen molar-refractivity contribution in [2.75, 3.05) is 11.9 Å². The van der Waals surface area contributed by atoms with Gasteiger partial charge >= 0.3 is 0 Å². The second-order valence-corrected chi connectivity index (χ2v) is 11.6. The summed E-state index contributed by atoms with van der Waals surface area (Å²) >= 11 is 0. The molecule has 2 N–H and O–H groups in total. The number of carbonyl (C=O) groups is 2. The second kappa shape index (κ2) is 10.5. The standard InChI is InChI=1S/C35H35N3O2/c39-34(26-19-18-23-10-4-5-13-25(23)22-26)37-31-17-9-7-15-28(31)35(40)38-21-20-29-32(24-11-2-1-3-12-24)36-30-16-8-6-14-27(30)33(29)38/h1-6,8,10-14,16,18-19,22,28-29,31-33,36H,7,9,15,17,20-21H2,(H,37,39)/t28-,29+,31+,32-,33-/m0/s1. The third-order valence-corrected chi connectivity index (χ3v) is 9.32. The van der Waals surface area contributed by atoms with Crippen LogP contribution in [-0.4, -0.2) is 29.3 Å². The molecule has 1 saturated carbocycles. The first-order valence-corrected chi connectivity index (χ1v) is 14.7. The lowest BCUT2D eigenvalue weighted by Gasteiger charge is -2.42. The van der Waals surface area contributed by atoms with Crippen LogP contribution < -0.4 is 10.6 Å². The lowest BCUT2D eigenvalue weighted by atomic mass is 9.79. The molecule has 4 aromatic carbocycles. The van der Waals surface area contributed by atoms with Gasteiger partial charge in [0.15, 0.2) is 0 Å².